The van der Waals surface area contributed by atoms with Gasteiger partial charge < -0.3 is 23.9 Å². The first-order valence-electron chi connectivity index (χ1n) is 13.4. The van der Waals surface area contributed by atoms with Crippen molar-refractivity contribution < 1.29 is 28.2 Å². The van der Waals surface area contributed by atoms with Crippen LogP contribution in [0.1, 0.15) is 72.3 Å². The lowest BCUT2D eigenvalue weighted by Gasteiger charge is -2.30. The number of oxazole rings is 1. The van der Waals surface area contributed by atoms with Gasteiger partial charge in [-0.1, -0.05) is 56.9 Å². The van der Waals surface area contributed by atoms with Crippen LogP contribution in [-0.2, 0) is 19.8 Å². The van der Waals surface area contributed by atoms with Gasteiger partial charge in [0.25, 0.3) is 0 Å². The average molecular weight is 537 g/mol. The molecule has 0 aliphatic rings. The number of amides is 1. The Bertz CT molecular complexity index is 1210. The first-order valence-corrected chi connectivity index (χ1v) is 13.4. The van der Waals surface area contributed by atoms with Crippen LogP contribution in [0.3, 0.4) is 0 Å². The number of benzene rings is 2. The van der Waals surface area contributed by atoms with Gasteiger partial charge in [0.1, 0.15) is 23.3 Å². The molecule has 8 heteroatoms. The zero-order valence-electron chi connectivity index (χ0n) is 23.8. The third kappa shape index (κ3) is 8.34. The van der Waals surface area contributed by atoms with E-state index in [9.17, 15) is 9.59 Å². The molecular formula is C31H40N2O6. The molecule has 39 heavy (non-hydrogen) atoms. The number of alkyl carbamates (subject to hydrolysis) is 1. The number of hydrogen-bond acceptors (Lipinski definition) is 7. The summed E-state index contributed by atoms with van der Waals surface area (Å²) >= 11 is 0. The molecule has 3 rings (SSSR count). The van der Waals surface area contributed by atoms with Crippen LogP contribution in [0.15, 0.2) is 59.2 Å². The molecule has 0 bridgehead atoms. The normalized spacial score (nSPS) is 12.9. The Hall–Kier alpha value is -3.81. The molecule has 0 aliphatic carbocycles. The monoisotopic (exact) mass is 536 g/mol. The fraction of sp³-hybridized carbons (Fsp3) is 0.452. The molecule has 3 aromatic rings. The maximum Gasteiger partial charge on any atom is 0.408 e. The van der Waals surface area contributed by atoms with E-state index < -0.39 is 23.2 Å². The summed E-state index contributed by atoms with van der Waals surface area (Å²) in [6.45, 7) is 9.75. The number of hydrogen-bond donors (Lipinski definition) is 1. The second-order valence-corrected chi connectivity index (χ2v) is 10.6. The van der Waals surface area contributed by atoms with E-state index in [1.807, 2.05) is 36.4 Å². The van der Waals surface area contributed by atoms with Crippen molar-refractivity contribution in [3.05, 3.63) is 60.4 Å². The Kier molecular flexibility index (Phi) is 10.2. The highest BCUT2D eigenvalue weighted by Crippen LogP contribution is 2.29. The van der Waals surface area contributed by atoms with Crippen molar-refractivity contribution in [2.24, 2.45) is 0 Å². The fourth-order valence-corrected chi connectivity index (χ4v) is 4.06. The molecule has 2 aromatic carbocycles. The number of rotatable bonds is 12. The third-order valence-corrected chi connectivity index (χ3v) is 6.22. The molecule has 0 aliphatic heterocycles. The van der Waals surface area contributed by atoms with Crippen LogP contribution in [0.25, 0.3) is 22.7 Å². The van der Waals surface area contributed by atoms with E-state index in [0.29, 0.717) is 23.8 Å². The highest BCUT2D eigenvalue weighted by atomic mass is 16.6. The van der Waals surface area contributed by atoms with Gasteiger partial charge in [0.05, 0.1) is 13.7 Å². The highest BCUT2D eigenvalue weighted by molar-refractivity contribution is 5.87. The molecule has 1 aromatic heterocycles. The minimum Gasteiger partial charge on any atom is -0.494 e. The fourth-order valence-electron chi connectivity index (χ4n) is 4.06. The van der Waals surface area contributed by atoms with E-state index in [2.05, 4.69) is 17.2 Å². The summed E-state index contributed by atoms with van der Waals surface area (Å²) in [6.07, 6.45) is 6.87. The summed E-state index contributed by atoms with van der Waals surface area (Å²) in [5, 5.41) is 2.65. The van der Waals surface area contributed by atoms with Crippen LogP contribution in [0.5, 0.6) is 5.75 Å². The number of nitrogens with zero attached hydrogens (tertiary/aromatic N) is 1. The molecule has 0 saturated heterocycles. The van der Waals surface area contributed by atoms with Gasteiger partial charge in [0.2, 0.25) is 5.89 Å². The van der Waals surface area contributed by atoms with E-state index in [0.717, 1.165) is 23.3 Å². The van der Waals surface area contributed by atoms with Crippen molar-refractivity contribution in [3.8, 4) is 28.5 Å². The van der Waals surface area contributed by atoms with Gasteiger partial charge in [-0.3, -0.25) is 0 Å². The predicted molar refractivity (Wildman–Crippen MR) is 150 cm³/mol. The predicted octanol–water partition coefficient (Wildman–Crippen LogP) is 7.27. The molecule has 1 heterocycles. The number of nitrogens with one attached hydrogen (secondary N) is 1. The van der Waals surface area contributed by atoms with Crippen molar-refractivity contribution >= 4 is 12.1 Å². The van der Waals surface area contributed by atoms with Crippen LogP contribution in [0.2, 0.25) is 0 Å². The van der Waals surface area contributed by atoms with Gasteiger partial charge in [-0.05, 0) is 63.9 Å². The van der Waals surface area contributed by atoms with Gasteiger partial charge in [-0.25, -0.2) is 14.6 Å². The number of methoxy groups -OCH3 is 1. The Morgan fingerprint density at radius 1 is 0.897 bits per heavy atom. The number of unbranched alkanes of at least 4 members (excludes halogenated alkanes) is 4. The van der Waals surface area contributed by atoms with Crippen molar-refractivity contribution in [3.63, 3.8) is 0 Å². The maximum absolute atomic E-state index is 12.7. The van der Waals surface area contributed by atoms with Crippen LogP contribution < -0.4 is 10.1 Å². The smallest absolute Gasteiger partial charge is 0.408 e. The Morgan fingerprint density at radius 2 is 1.54 bits per heavy atom. The van der Waals surface area contributed by atoms with Gasteiger partial charge in [-0.15, -0.1) is 0 Å². The van der Waals surface area contributed by atoms with E-state index in [4.69, 9.17) is 18.6 Å². The SMILES string of the molecule is CCCCCCCOc1ccc(-c2nc(-c3ccc([C@](C)(NC(=O)OC(C)(C)C)C(=O)OC)cc3)co2)cc1. The molecule has 0 saturated carbocycles. The number of ether oxygens (including phenoxy) is 3. The summed E-state index contributed by atoms with van der Waals surface area (Å²) in [6, 6.07) is 14.8. The van der Waals surface area contributed by atoms with Gasteiger partial charge in [-0.2, -0.15) is 0 Å². The summed E-state index contributed by atoms with van der Waals surface area (Å²) in [5.41, 5.74) is 0.660. The average Bonchev–Trinajstić information content (AvgIpc) is 3.40. The van der Waals surface area contributed by atoms with Gasteiger partial charge in [0.15, 0.2) is 5.54 Å². The second-order valence-electron chi connectivity index (χ2n) is 10.6. The lowest BCUT2D eigenvalue weighted by Crippen LogP contribution is -2.51. The Morgan fingerprint density at radius 3 is 2.15 bits per heavy atom. The highest BCUT2D eigenvalue weighted by Gasteiger charge is 2.39. The minimum absolute atomic E-state index is 0.492. The summed E-state index contributed by atoms with van der Waals surface area (Å²) in [5.74, 6) is 0.699. The second kappa shape index (κ2) is 13.3. The summed E-state index contributed by atoms with van der Waals surface area (Å²) in [4.78, 5) is 29.7. The zero-order valence-corrected chi connectivity index (χ0v) is 23.8. The van der Waals surface area contributed by atoms with Gasteiger partial charge in [0, 0.05) is 11.1 Å². The van der Waals surface area contributed by atoms with E-state index >= 15 is 0 Å². The van der Waals surface area contributed by atoms with Gasteiger partial charge >= 0.3 is 12.1 Å². The lowest BCUT2D eigenvalue weighted by atomic mass is 9.91. The third-order valence-electron chi connectivity index (χ3n) is 6.22. The lowest BCUT2D eigenvalue weighted by molar-refractivity contribution is -0.148. The van der Waals surface area contributed by atoms with Crippen molar-refractivity contribution in [1.29, 1.82) is 0 Å². The van der Waals surface area contributed by atoms with Crippen molar-refractivity contribution in [2.75, 3.05) is 13.7 Å². The summed E-state index contributed by atoms with van der Waals surface area (Å²) in [7, 11) is 1.27. The maximum atomic E-state index is 12.7. The van der Waals surface area contributed by atoms with Crippen LogP contribution in [0, 0.1) is 0 Å². The van der Waals surface area contributed by atoms with Crippen LogP contribution >= 0.6 is 0 Å². The first-order chi connectivity index (χ1) is 18.6. The quantitative estimate of drug-likeness (QED) is 0.192. The van der Waals surface area contributed by atoms with E-state index in [-0.39, 0.29) is 0 Å². The minimum atomic E-state index is -1.44. The number of carbonyl (C=O) groups excluding carboxylic acids is 2. The van der Waals surface area contributed by atoms with Crippen molar-refractivity contribution in [1.82, 2.24) is 10.3 Å². The largest absolute Gasteiger partial charge is 0.494 e. The topological polar surface area (TPSA) is 99.9 Å². The molecule has 1 amide bonds. The van der Waals surface area contributed by atoms with E-state index in [1.165, 1.54) is 32.8 Å². The molecule has 0 radical (unpaired) electrons. The summed E-state index contributed by atoms with van der Waals surface area (Å²) < 4.78 is 21.9. The molecule has 0 unspecified atom stereocenters. The van der Waals surface area contributed by atoms with E-state index in [1.54, 1.807) is 46.1 Å². The molecule has 1 atom stereocenters. The number of carbonyl (C=O) groups is 2. The molecule has 0 fully saturated rings. The molecule has 0 spiro atoms. The Labute approximate surface area is 231 Å². The molecular weight excluding hydrogens is 496 g/mol. The number of aromatic nitrogens is 1. The molecule has 8 nitrogen and oxygen atoms in total. The molecule has 1 N–H and O–H groups in total. The first kappa shape index (κ1) is 29.7. The van der Waals surface area contributed by atoms with Crippen LogP contribution in [-0.4, -0.2) is 36.4 Å². The Balaban J connectivity index is 1.68. The molecule has 210 valence electrons. The number of esters is 1. The zero-order chi connectivity index (χ0) is 28.5. The van der Waals surface area contributed by atoms with Crippen molar-refractivity contribution in [2.45, 2.75) is 77.9 Å². The standard InChI is InChI=1S/C31H40N2O6/c1-7-8-9-10-11-20-37-25-18-14-23(15-19-25)27-32-26(21-38-27)22-12-16-24(17-13-22)31(5,28(34)36-6)33-29(35)39-30(2,3)4/h12-19,21H,7-11,20H2,1-6H3,(H,33,35)/t31-/m0/s1. The van der Waals surface area contributed by atoms with Crippen LogP contribution in [0.4, 0.5) is 4.79 Å².